The lowest BCUT2D eigenvalue weighted by Gasteiger charge is -2.13. The first-order valence-corrected chi connectivity index (χ1v) is 13.2. The number of carbonyl (C=O) groups is 2. The van der Waals surface area contributed by atoms with Gasteiger partial charge in [-0.2, -0.15) is 0 Å². The van der Waals surface area contributed by atoms with Crippen molar-refractivity contribution in [2.75, 3.05) is 0 Å². The fraction of sp³-hybridized carbons (Fsp3) is 0.235. The largest absolute Gasteiger partial charge is 0.488 e. The Kier molecular flexibility index (Phi) is 9.16. The van der Waals surface area contributed by atoms with Gasteiger partial charge in [-0.05, 0) is 58.4 Å². The van der Waals surface area contributed by atoms with Crippen molar-refractivity contribution in [2.45, 2.75) is 52.7 Å². The Balaban J connectivity index is 1.42. The van der Waals surface area contributed by atoms with Crippen LogP contribution in [0.4, 0.5) is 0 Å². The Morgan fingerprint density at radius 3 is 1.56 bits per heavy atom. The van der Waals surface area contributed by atoms with Crippen LogP contribution < -0.4 is 9.47 Å². The molecule has 5 heteroatoms. The van der Waals surface area contributed by atoms with Gasteiger partial charge >= 0.3 is 11.9 Å². The van der Waals surface area contributed by atoms with E-state index in [1.807, 2.05) is 36.4 Å². The summed E-state index contributed by atoms with van der Waals surface area (Å²) < 4.78 is 17.2. The van der Waals surface area contributed by atoms with Crippen LogP contribution in [0.3, 0.4) is 0 Å². The number of ether oxygens (including phenoxy) is 3. The summed E-state index contributed by atoms with van der Waals surface area (Å²) in [6.07, 6.45) is 0. The lowest BCUT2D eigenvalue weighted by Crippen LogP contribution is -2.14. The Morgan fingerprint density at radius 2 is 1.03 bits per heavy atom. The first-order chi connectivity index (χ1) is 18.8. The quantitative estimate of drug-likeness (QED) is 0.156. The molecule has 0 saturated carbocycles. The minimum absolute atomic E-state index is 0.119. The maximum absolute atomic E-state index is 13.2. The molecule has 5 nitrogen and oxygen atoms in total. The third-order valence-electron chi connectivity index (χ3n) is 6.47. The topological polar surface area (TPSA) is 61.8 Å². The van der Waals surface area contributed by atoms with Crippen molar-refractivity contribution in [3.63, 3.8) is 0 Å². The smallest absolute Gasteiger partial charge is 0.347 e. The van der Waals surface area contributed by atoms with Crippen LogP contribution >= 0.6 is 0 Å². The van der Waals surface area contributed by atoms with Crippen LogP contribution in [0.15, 0.2) is 97.1 Å². The van der Waals surface area contributed by atoms with Crippen molar-refractivity contribution < 1.29 is 23.8 Å². The Morgan fingerprint density at radius 1 is 0.564 bits per heavy atom. The highest BCUT2D eigenvalue weighted by Gasteiger charge is 2.20. The molecule has 0 aliphatic carbocycles. The molecule has 0 unspecified atom stereocenters. The second-order valence-electron chi connectivity index (χ2n) is 10.0. The molecule has 0 bridgehead atoms. The molecule has 0 amide bonds. The monoisotopic (exact) mass is 522 g/mol. The van der Waals surface area contributed by atoms with Gasteiger partial charge in [-0.3, -0.25) is 0 Å². The standard InChI is InChI=1S/C34H34O5/c1-23(2)27-17-13-25(14-18-27)21-37-31-11-7-5-9-29(31)34(36)39-32-12-8-6-10-30(32)33(35)38-22-26-15-19-28(20-16-26)24(3)4/h5-20,23-24H,21-22H2,1-4H3. The highest BCUT2D eigenvalue weighted by molar-refractivity contribution is 5.97. The average molecular weight is 523 g/mol. The van der Waals surface area contributed by atoms with E-state index in [0.29, 0.717) is 24.2 Å². The van der Waals surface area contributed by atoms with E-state index in [1.165, 1.54) is 11.1 Å². The Labute approximate surface area is 230 Å². The number of rotatable bonds is 10. The summed E-state index contributed by atoms with van der Waals surface area (Å²) >= 11 is 0. The fourth-order valence-electron chi connectivity index (χ4n) is 4.03. The van der Waals surface area contributed by atoms with Crippen LogP contribution in [0, 0.1) is 0 Å². The van der Waals surface area contributed by atoms with E-state index >= 15 is 0 Å². The van der Waals surface area contributed by atoms with E-state index in [9.17, 15) is 9.59 Å². The summed E-state index contributed by atoms with van der Waals surface area (Å²) in [5.41, 5.74) is 4.79. The summed E-state index contributed by atoms with van der Waals surface area (Å²) in [5, 5.41) is 0. The minimum Gasteiger partial charge on any atom is -0.488 e. The number of esters is 2. The van der Waals surface area contributed by atoms with E-state index in [1.54, 1.807) is 48.5 Å². The van der Waals surface area contributed by atoms with Crippen molar-refractivity contribution in [3.8, 4) is 11.5 Å². The third-order valence-corrected chi connectivity index (χ3v) is 6.47. The lowest BCUT2D eigenvalue weighted by atomic mass is 10.0. The molecule has 0 aliphatic rings. The average Bonchev–Trinajstić information content (AvgIpc) is 2.95. The van der Waals surface area contributed by atoms with Gasteiger partial charge in [-0.1, -0.05) is 100 Å². The molecule has 0 atom stereocenters. The first-order valence-electron chi connectivity index (χ1n) is 13.2. The van der Waals surface area contributed by atoms with Gasteiger partial charge in [0.1, 0.15) is 35.8 Å². The molecule has 0 fully saturated rings. The molecule has 4 aromatic rings. The molecule has 0 aliphatic heterocycles. The SMILES string of the molecule is CC(C)c1ccc(COC(=O)c2ccccc2OC(=O)c2ccccc2OCc2ccc(C(C)C)cc2)cc1. The summed E-state index contributed by atoms with van der Waals surface area (Å²) in [7, 11) is 0. The molecular weight excluding hydrogens is 488 g/mol. The number of carbonyl (C=O) groups excluding carboxylic acids is 2. The van der Waals surface area contributed by atoms with E-state index in [2.05, 4.69) is 39.8 Å². The van der Waals surface area contributed by atoms with Gasteiger partial charge < -0.3 is 14.2 Å². The molecule has 39 heavy (non-hydrogen) atoms. The maximum Gasteiger partial charge on any atom is 0.347 e. The van der Waals surface area contributed by atoms with Crippen LogP contribution in [-0.4, -0.2) is 11.9 Å². The van der Waals surface area contributed by atoms with Gasteiger partial charge in [-0.25, -0.2) is 9.59 Å². The number of hydrogen-bond donors (Lipinski definition) is 0. The second-order valence-corrected chi connectivity index (χ2v) is 10.0. The minimum atomic E-state index is -0.620. The van der Waals surface area contributed by atoms with Crippen LogP contribution in [0.1, 0.15) is 82.5 Å². The molecule has 0 heterocycles. The molecule has 0 saturated heterocycles. The van der Waals surface area contributed by atoms with E-state index in [0.717, 1.165) is 11.1 Å². The number of para-hydroxylation sites is 2. The first kappa shape index (κ1) is 27.6. The molecule has 0 aromatic heterocycles. The predicted octanol–water partition coefficient (Wildman–Crippen LogP) is 8.09. The summed E-state index contributed by atoms with van der Waals surface area (Å²) in [5.74, 6) is 0.218. The predicted molar refractivity (Wildman–Crippen MR) is 152 cm³/mol. The summed E-state index contributed by atoms with van der Waals surface area (Å²) in [4.78, 5) is 26.0. The van der Waals surface area contributed by atoms with Gasteiger partial charge in [0.15, 0.2) is 0 Å². The molecule has 0 spiro atoms. The zero-order chi connectivity index (χ0) is 27.8. The van der Waals surface area contributed by atoms with Gasteiger partial charge in [0, 0.05) is 0 Å². The van der Waals surface area contributed by atoms with Crippen molar-refractivity contribution in [1.29, 1.82) is 0 Å². The molecule has 200 valence electrons. The molecule has 0 N–H and O–H groups in total. The third kappa shape index (κ3) is 7.35. The van der Waals surface area contributed by atoms with Gasteiger partial charge in [0.05, 0.1) is 0 Å². The van der Waals surface area contributed by atoms with Gasteiger partial charge in [0.25, 0.3) is 0 Å². The van der Waals surface area contributed by atoms with E-state index < -0.39 is 11.9 Å². The van der Waals surface area contributed by atoms with Crippen molar-refractivity contribution in [1.82, 2.24) is 0 Å². The van der Waals surface area contributed by atoms with Crippen molar-refractivity contribution in [2.24, 2.45) is 0 Å². The molecule has 4 aromatic carbocycles. The summed E-state index contributed by atoms with van der Waals surface area (Å²) in [6.45, 7) is 8.98. The van der Waals surface area contributed by atoms with Crippen LogP contribution in [-0.2, 0) is 18.0 Å². The number of benzene rings is 4. The van der Waals surface area contributed by atoms with E-state index in [-0.39, 0.29) is 23.5 Å². The molecule has 0 radical (unpaired) electrons. The van der Waals surface area contributed by atoms with Gasteiger partial charge in [-0.15, -0.1) is 0 Å². The maximum atomic E-state index is 13.2. The highest BCUT2D eigenvalue weighted by atomic mass is 16.6. The normalized spacial score (nSPS) is 10.9. The summed E-state index contributed by atoms with van der Waals surface area (Å²) in [6, 6.07) is 29.6. The second kappa shape index (κ2) is 12.9. The number of hydrogen-bond acceptors (Lipinski definition) is 5. The lowest BCUT2D eigenvalue weighted by molar-refractivity contribution is 0.0467. The van der Waals surface area contributed by atoms with Gasteiger partial charge in [0.2, 0.25) is 0 Å². The molecule has 4 rings (SSSR count). The van der Waals surface area contributed by atoms with Crippen LogP contribution in [0.2, 0.25) is 0 Å². The van der Waals surface area contributed by atoms with Crippen LogP contribution in [0.5, 0.6) is 11.5 Å². The zero-order valence-corrected chi connectivity index (χ0v) is 22.8. The van der Waals surface area contributed by atoms with E-state index in [4.69, 9.17) is 14.2 Å². The Hall–Kier alpha value is -4.38. The zero-order valence-electron chi connectivity index (χ0n) is 22.8. The molecular formula is C34H34O5. The fourth-order valence-corrected chi connectivity index (χ4v) is 4.03. The van der Waals surface area contributed by atoms with Crippen molar-refractivity contribution in [3.05, 3.63) is 130 Å². The van der Waals surface area contributed by atoms with Crippen molar-refractivity contribution >= 4 is 11.9 Å². The highest BCUT2D eigenvalue weighted by Crippen LogP contribution is 2.25. The van der Waals surface area contributed by atoms with Crippen LogP contribution in [0.25, 0.3) is 0 Å². The Bertz CT molecular complexity index is 1400.